The van der Waals surface area contributed by atoms with E-state index in [1.807, 2.05) is 30.3 Å². The van der Waals surface area contributed by atoms with Gasteiger partial charge in [-0.15, -0.1) is 0 Å². The van der Waals surface area contributed by atoms with Crippen molar-refractivity contribution in [2.75, 3.05) is 13.6 Å². The number of carbonyl (C=O) groups is 1. The van der Waals surface area contributed by atoms with Crippen LogP contribution in [0.1, 0.15) is 34.3 Å². The van der Waals surface area contributed by atoms with Gasteiger partial charge in [-0.2, -0.15) is 0 Å². The van der Waals surface area contributed by atoms with Gasteiger partial charge in [0.05, 0.1) is 16.6 Å². The zero-order valence-corrected chi connectivity index (χ0v) is 19.1. The number of benzene rings is 2. The van der Waals surface area contributed by atoms with Crippen LogP contribution in [0.15, 0.2) is 47.4 Å². The minimum Gasteiger partial charge on any atom is -0.480 e. The fourth-order valence-electron chi connectivity index (χ4n) is 5.09. The molecule has 0 bridgehead atoms. The van der Waals surface area contributed by atoms with E-state index in [4.69, 9.17) is 16.3 Å². The molecule has 2 aliphatic heterocycles. The smallest absolute Gasteiger partial charge is 0.284 e. The molecule has 3 aromatic rings. The first-order valence-electron chi connectivity index (χ1n) is 11.0. The Morgan fingerprint density at radius 3 is 2.68 bits per heavy atom. The first-order chi connectivity index (χ1) is 16.4. The number of fused-ring (bicyclic) bond motifs is 1. The lowest BCUT2D eigenvalue weighted by Crippen LogP contribution is -2.48. The molecule has 1 saturated heterocycles. The van der Waals surface area contributed by atoms with E-state index in [9.17, 15) is 9.59 Å². The first kappa shape index (κ1) is 22.6. The van der Waals surface area contributed by atoms with Gasteiger partial charge in [0.25, 0.3) is 11.5 Å². The van der Waals surface area contributed by atoms with Gasteiger partial charge in [-0.3, -0.25) is 9.59 Å². The average molecular weight is 486 g/mol. The van der Waals surface area contributed by atoms with Gasteiger partial charge >= 0.3 is 0 Å². The molecule has 0 aliphatic carbocycles. The van der Waals surface area contributed by atoms with E-state index in [0.717, 1.165) is 31.1 Å². The molecule has 3 N–H and O–H groups in total. The van der Waals surface area contributed by atoms with Crippen LogP contribution in [0.4, 0.5) is 8.78 Å². The summed E-state index contributed by atoms with van der Waals surface area (Å²) < 4.78 is 36.8. The number of nitrogens with one attached hydrogen (secondary N) is 3. The van der Waals surface area contributed by atoms with Crippen LogP contribution in [0.2, 0.25) is 5.02 Å². The number of aromatic amines is 1. The van der Waals surface area contributed by atoms with Crippen molar-refractivity contribution in [1.82, 2.24) is 15.6 Å². The predicted molar refractivity (Wildman–Crippen MR) is 124 cm³/mol. The van der Waals surface area contributed by atoms with Gasteiger partial charge in [0.15, 0.2) is 11.4 Å². The molecule has 2 aliphatic rings. The number of H-pyrrole nitrogens is 1. The number of hydrogen-bond acceptors (Lipinski definition) is 4. The fraction of sp³-hybridized carbons (Fsp3) is 0.280. The minimum absolute atomic E-state index is 0.0466. The molecule has 0 radical (unpaired) electrons. The third kappa shape index (κ3) is 3.40. The molecule has 9 heteroatoms. The standard InChI is InChI=1S/C25H22ClF2N3O3/c1-29-23(32)15-12-31-24(33)22(28)20(15)19-14-11-25(18-8-5-9-30-18,13-6-3-2-4-7-13)34-17(14)10-16(27)21(19)26/h2-4,6-7,10,12,18,30H,5,8-9,11H2,1H3,(H,29,32)(H,31,33)/t18-,25?/m0/s1. The molecular formula is C25H22ClF2N3O3. The van der Waals surface area contributed by atoms with Gasteiger partial charge in [0.2, 0.25) is 0 Å². The third-order valence-corrected chi connectivity index (χ3v) is 7.03. The van der Waals surface area contributed by atoms with Crippen LogP contribution in [-0.2, 0) is 12.0 Å². The van der Waals surface area contributed by atoms with Crippen molar-refractivity contribution in [1.29, 1.82) is 0 Å². The molecule has 176 valence electrons. The van der Waals surface area contributed by atoms with Crippen molar-refractivity contribution < 1.29 is 18.3 Å². The highest BCUT2D eigenvalue weighted by Gasteiger charge is 2.50. The Kier molecular flexibility index (Phi) is 5.65. The number of carbonyl (C=O) groups excluding carboxylic acids is 1. The highest BCUT2D eigenvalue weighted by Crippen LogP contribution is 2.51. The van der Waals surface area contributed by atoms with Gasteiger partial charge < -0.3 is 20.4 Å². The summed E-state index contributed by atoms with van der Waals surface area (Å²) in [6, 6.07) is 10.7. The zero-order chi connectivity index (χ0) is 24.0. The summed E-state index contributed by atoms with van der Waals surface area (Å²) in [7, 11) is 1.38. The van der Waals surface area contributed by atoms with E-state index >= 15 is 8.78 Å². The summed E-state index contributed by atoms with van der Waals surface area (Å²) in [6.45, 7) is 0.810. The van der Waals surface area contributed by atoms with Crippen LogP contribution in [0, 0.1) is 11.6 Å². The summed E-state index contributed by atoms with van der Waals surface area (Å²) >= 11 is 6.40. The number of aromatic nitrogens is 1. The Morgan fingerprint density at radius 1 is 1.24 bits per heavy atom. The second-order valence-electron chi connectivity index (χ2n) is 8.51. The lowest BCUT2D eigenvalue weighted by molar-refractivity contribution is 0.0539. The van der Waals surface area contributed by atoms with Crippen LogP contribution in [0.25, 0.3) is 11.1 Å². The minimum atomic E-state index is -1.22. The molecule has 1 amide bonds. The molecule has 6 nitrogen and oxygen atoms in total. The molecule has 1 fully saturated rings. The summed E-state index contributed by atoms with van der Waals surface area (Å²) in [5, 5.41) is 5.52. The van der Waals surface area contributed by atoms with Gasteiger partial charge in [-0.1, -0.05) is 41.9 Å². The maximum Gasteiger partial charge on any atom is 0.284 e. The normalized spacial score (nSPS) is 21.2. The largest absolute Gasteiger partial charge is 0.480 e. The van der Waals surface area contributed by atoms with Crippen molar-refractivity contribution in [3.05, 3.63) is 86.3 Å². The van der Waals surface area contributed by atoms with E-state index in [2.05, 4.69) is 15.6 Å². The van der Waals surface area contributed by atoms with E-state index in [-0.39, 0.29) is 39.9 Å². The number of amides is 1. The molecule has 3 heterocycles. The van der Waals surface area contributed by atoms with Crippen LogP contribution in [-0.4, -0.2) is 30.5 Å². The first-order valence-corrected chi connectivity index (χ1v) is 11.4. The molecule has 1 aromatic heterocycles. The maximum absolute atomic E-state index is 15.3. The summed E-state index contributed by atoms with van der Waals surface area (Å²) in [6.07, 6.45) is 3.13. The number of ether oxygens (including phenoxy) is 1. The Morgan fingerprint density at radius 2 is 2.00 bits per heavy atom. The monoisotopic (exact) mass is 485 g/mol. The SMILES string of the molecule is CNC(=O)c1c[nH]c(=O)c(F)c1-c1c(Cl)c(F)cc2c1CC(c1ccccc1)([C@@H]1CCCN1)O2. The van der Waals surface area contributed by atoms with Crippen LogP contribution in [0.3, 0.4) is 0 Å². The van der Waals surface area contributed by atoms with E-state index in [1.165, 1.54) is 13.1 Å². The molecule has 1 unspecified atom stereocenters. The summed E-state index contributed by atoms with van der Waals surface area (Å²) in [4.78, 5) is 27.0. The Balaban J connectivity index is 1.78. The quantitative estimate of drug-likeness (QED) is 0.523. The number of halogens is 3. The second-order valence-corrected chi connectivity index (χ2v) is 8.88. The van der Waals surface area contributed by atoms with Crippen molar-refractivity contribution in [2.45, 2.75) is 30.9 Å². The van der Waals surface area contributed by atoms with Crippen molar-refractivity contribution in [3.63, 3.8) is 0 Å². The molecule has 2 atom stereocenters. The maximum atomic E-state index is 15.3. The highest BCUT2D eigenvalue weighted by atomic mass is 35.5. The second kappa shape index (κ2) is 8.52. The van der Waals surface area contributed by atoms with E-state index in [0.29, 0.717) is 5.56 Å². The van der Waals surface area contributed by atoms with E-state index < -0.39 is 28.7 Å². The van der Waals surface area contributed by atoms with Crippen molar-refractivity contribution in [3.8, 4) is 16.9 Å². The summed E-state index contributed by atoms with van der Waals surface area (Å²) in [5.41, 5.74) is -1.17. The van der Waals surface area contributed by atoms with Crippen molar-refractivity contribution in [2.24, 2.45) is 0 Å². The summed E-state index contributed by atoms with van der Waals surface area (Å²) in [5.74, 6) is -2.49. The highest BCUT2D eigenvalue weighted by molar-refractivity contribution is 6.34. The van der Waals surface area contributed by atoms with Gasteiger partial charge in [-0.25, -0.2) is 8.78 Å². The topological polar surface area (TPSA) is 83.2 Å². The lowest BCUT2D eigenvalue weighted by Gasteiger charge is -2.35. The molecule has 0 spiro atoms. The Hall–Kier alpha value is -3.23. The number of rotatable bonds is 4. The van der Waals surface area contributed by atoms with Gasteiger partial charge in [0, 0.05) is 42.4 Å². The lowest BCUT2D eigenvalue weighted by atomic mass is 9.80. The number of pyridine rings is 1. The van der Waals surface area contributed by atoms with Crippen LogP contribution < -0.4 is 20.9 Å². The van der Waals surface area contributed by atoms with Crippen molar-refractivity contribution >= 4 is 17.5 Å². The van der Waals surface area contributed by atoms with E-state index in [1.54, 1.807) is 0 Å². The average Bonchev–Trinajstić information content (AvgIpc) is 3.51. The number of hydrogen-bond donors (Lipinski definition) is 3. The molecule has 34 heavy (non-hydrogen) atoms. The molecule has 0 saturated carbocycles. The molecule has 5 rings (SSSR count). The van der Waals surface area contributed by atoms with Gasteiger partial charge in [0.1, 0.15) is 11.6 Å². The van der Waals surface area contributed by atoms with Gasteiger partial charge in [-0.05, 0) is 24.9 Å². The fourth-order valence-corrected chi connectivity index (χ4v) is 5.35. The Labute approximate surface area is 199 Å². The Bertz CT molecular complexity index is 1340. The van der Waals surface area contributed by atoms with Crippen LogP contribution in [0.5, 0.6) is 5.75 Å². The van der Waals surface area contributed by atoms with Crippen LogP contribution >= 0.6 is 11.6 Å². The molecular weight excluding hydrogens is 464 g/mol. The third-order valence-electron chi connectivity index (χ3n) is 6.66. The predicted octanol–water partition coefficient (Wildman–Crippen LogP) is 3.92. The molecule has 2 aromatic carbocycles. The zero-order valence-electron chi connectivity index (χ0n) is 18.3.